The molecule has 0 aliphatic heterocycles. The zero-order valence-electron chi connectivity index (χ0n) is 12.8. The van der Waals surface area contributed by atoms with Crippen molar-refractivity contribution in [1.82, 2.24) is 0 Å². The Labute approximate surface area is 138 Å². The van der Waals surface area contributed by atoms with E-state index in [0.29, 0.717) is 22.5 Å². The third-order valence-corrected chi connectivity index (χ3v) is 4.76. The van der Waals surface area contributed by atoms with Crippen LogP contribution in [0.15, 0.2) is 48.5 Å². The summed E-state index contributed by atoms with van der Waals surface area (Å²) < 4.78 is 0. The SMILES string of the molecule is Nc1ccc([C@H]2[C@H](C(=O)O)[C@H](c3ccc(N)cc3)[C@H]2C(=O)O)cc1. The van der Waals surface area contributed by atoms with Gasteiger partial charge < -0.3 is 21.7 Å². The summed E-state index contributed by atoms with van der Waals surface area (Å²) in [6.45, 7) is 0. The first-order valence-electron chi connectivity index (χ1n) is 7.56. The Morgan fingerprint density at radius 1 is 0.667 bits per heavy atom. The minimum absolute atomic E-state index is 0.548. The quantitative estimate of drug-likeness (QED) is 0.638. The van der Waals surface area contributed by atoms with Crippen LogP contribution < -0.4 is 11.5 Å². The van der Waals surface area contributed by atoms with Crippen LogP contribution in [0, 0.1) is 11.8 Å². The summed E-state index contributed by atoms with van der Waals surface area (Å²) in [7, 11) is 0. The number of nitrogens with two attached hydrogens (primary N) is 2. The number of carbonyl (C=O) groups is 2. The predicted molar refractivity (Wildman–Crippen MR) is 89.4 cm³/mol. The van der Waals surface area contributed by atoms with Crippen LogP contribution in [0.3, 0.4) is 0 Å². The average molecular weight is 326 g/mol. The fraction of sp³-hybridized carbons (Fsp3) is 0.222. The maximum Gasteiger partial charge on any atom is 0.307 e. The molecule has 6 nitrogen and oxygen atoms in total. The summed E-state index contributed by atoms with van der Waals surface area (Å²) in [5.74, 6) is -4.81. The first-order valence-corrected chi connectivity index (χ1v) is 7.56. The Morgan fingerprint density at radius 2 is 0.958 bits per heavy atom. The van der Waals surface area contributed by atoms with E-state index in [-0.39, 0.29) is 0 Å². The molecule has 0 heterocycles. The van der Waals surface area contributed by atoms with Crippen molar-refractivity contribution in [3.63, 3.8) is 0 Å². The topological polar surface area (TPSA) is 127 Å². The van der Waals surface area contributed by atoms with E-state index in [1.54, 1.807) is 48.5 Å². The Kier molecular flexibility index (Phi) is 3.89. The van der Waals surface area contributed by atoms with Gasteiger partial charge in [-0.2, -0.15) is 0 Å². The third-order valence-electron chi connectivity index (χ3n) is 4.76. The molecule has 2 aromatic rings. The van der Waals surface area contributed by atoms with Crippen molar-refractivity contribution in [3.8, 4) is 0 Å². The van der Waals surface area contributed by atoms with Gasteiger partial charge in [0.05, 0.1) is 11.8 Å². The Balaban J connectivity index is 2.03. The molecule has 0 unspecified atom stereocenters. The van der Waals surface area contributed by atoms with Crippen molar-refractivity contribution in [1.29, 1.82) is 0 Å². The monoisotopic (exact) mass is 326 g/mol. The van der Waals surface area contributed by atoms with Crippen molar-refractivity contribution in [2.45, 2.75) is 11.8 Å². The standard InChI is InChI=1S/C18H18N2O4/c19-11-5-1-9(2-6-11)13-15(17(21)22)14(16(13)18(23)24)10-3-7-12(20)8-4-10/h1-8,13-16H,19-20H2,(H,21,22)(H,23,24)/t13-,14-,15-,16-. The molecule has 0 atom stereocenters. The number of nitrogen functional groups attached to an aromatic ring is 2. The number of benzene rings is 2. The summed E-state index contributed by atoms with van der Waals surface area (Å²) in [5, 5.41) is 19.3. The first kappa shape index (κ1) is 15.9. The largest absolute Gasteiger partial charge is 0.481 e. The molecule has 1 aliphatic rings. The number of rotatable bonds is 4. The number of hydrogen-bond acceptors (Lipinski definition) is 4. The van der Waals surface area contributed by atoms with E-state index in [1.165, 1.54) is 0 Å². The van der Waals surface area contributed by atoms with Gasteiger partial charge in [0.15, 0.2) is 0 Å². The van der Waals surface area contributed by atoms with E-state index in [2.05, 4.69) is 0 Å². The van der Waals surface area contributed by atoms with Crippen LogP contribution in [-0.2, 0) is 9.59 Å². The Hall–Kier alpha value is -3.02. The van der Waals surface area contributed by atoms with Crippen molar-refractivity contribution >= 4 is 23.3 Å². The van der Waals surface area contributed by atoms with Gasteiger partial charge in [0.2, 0.25) is 0 Å². The maximum atomic E-state index is 11.8. The Morgan fingerprint density at radius 3 is 1.21 bits per heavy atom. The Bertz CT molecular complexity index is 695. The van der Waals surface area contributed by atoms with E-state index in [4.69, 9.17) is 11.5 Å². The molecule has 0 bridgehead atoms. The third kappa shape index (κ3) is 2.56. The van der Waals surface area contributed by atoms with Gasteiger partial charge in [-0.05, 0) is 35.4 Å². The van der Waals surface area contributed by atoms with Crippen molar-refractivity contribution in [2.75, 3.05) is 11.5 Å². The zero-order valence-corrected chi connectivity index (χ0v) is 12.8. The molecule has 124 valence electrons. The lowest BCUT2D eigenvalue weighted by Gasteiger charge is -2.48. The highest BCUT2D eigenvalue weighted by molar-refractivity contribution is 5.83. The summed E-state index contributed by atoms with van der Waals surface area (Å²) in [6.07, 6.45) is 0. The number of carboxylic acid groups (broad SMARTS) is 2. The number of aliphatic carboxylic acids is 2. The van der Waals surface area contributed by atoms with E-state index >= 15 is 0 Å². The van der Waals surface area contributed by atoms with Gasteiger partial charge in [-0.3, -0.25) is 9.59 Å². The van der Waals surface area contributed by atoms with Crippen molar-refractivity contribution in [3.05, 3.63) is 59.7 Å². The van der Waals surface area contributed by atoms with Crippen LogP contribution in [0.4, 0.5) is 11.4 Å². The molecule has 0 spiro atoms. The highest BCUT2D eigenvalue weighted by atomic mass is 16.4. The molecule has 2 aromatic carbocycles. The lowest BCUT2D eigenvalue weighted by Crippen LogP contribution is -2.50. The van der Waals surface area contributed by atoms with Crippen LogP contribution in [0.5, 0.6) is 0 Å². The molecule has 24 heavy (non-hydrogen) atoms. The summed E-state index contributed by atoms with van der Waals surface area (Å²) in [4.78, 5) is 23.6. The predicted octanol–water partition coefficient (Wildman–Crippen LogP) is 2.13. The number of carboxylic acids is 2. The van der Waals surface area contributed by atoms with E-state index in [1.807, 2.05) is 0 Å². The van der Waals surface area contributed by atoms with Gasteiger partial charge >= 0.3 is 11.9 Å². The van der Waals surface area contributed by atoms with Gasteiger partial charge in [0, 0.05) is 23.2 Å². The van der Waals surface area contributed by atoms with E-state index in [0.717, 1.165) is 0 Å². The minimum Gasteiger partial charge on any atom is -0.481 e. The van der Waals surface area contributed by atoms with Gasteiger partial charge in [0.25, 0.3) is 0 Å². The number of hydrogen-bond donors (Lipinski definition) is 4. The molecule has 3 rings (SSSR count). The van der Waals surface area contributed by atoms with Crippen LogP contribution in [0.25, 0.3) is 0 Å². The van der Waals surface area contributed by atoms with E-state index in [9.17, 15) is 19.8 Å². The highest BCUT2D eigenvalue weighted by Crippen LogP contribution is 2.57. The fourth-order valence-corrected chi connectivity index (χ4v) is 3.63. The molecular weight excluding hydrogens is 308 g/mol. The smallest absolute Gasteiger partial charge is 0.307 e. The van der Waals surface area contributed by atoms with Gasteiger partial charge in [-0.25, -0.2) is 0 Å². The molecular formula is C18H18N2O4. The second-order valence-electron chi connectivity index (χ2n) is 6.11. The van der Waals surface area contributed by atoms with Crippen LogP contribution in [0.1, 0.15) is 23.0 Å². The molecule has 6 heteroatoms. The maximum absolute atomic E-state index is 11.8. The normalized spacial score (nSPS) is 25.7. The van der Waals surface area contributed by atoms with Gasteiger partial charge in [-0.1, -0.05) is 24.3 Å². The first-order chi connectivity index (χ1) is 11.4. The number of anilines is 2. The van der Waals surface area contributed by atoms with Gasteiger partial charge in [-0.15, -0.1) is 0 Å². The molecule has 0 saturated heterocycles. The average Bonchev–Trinajstić information content (AvgIpc) is 2.49. The van der Waals surface area contributed by atoms with Crippen LogP contribution >= 0.6 is 0 Å². The molecule has 0 amide bonds. The zero-order chi connectivity index (χ0) is 17.4. The highest BCUT2D eigenvalue weighted by Gasteiger charge is 2.58. The fourth-order valence-electron chi connectivity index (χ4n) is 3.63. The van der Waals surface area contributed by atoms with Crippen LogP contribution in [-0.4, -0.2) is 22.2 Å². The molecule has 1 saturated carbocycles. The van der Waals surface area contributed by atoms with Crippen molar-refractivity contribution < 1.29 is 19.8 Å². The molecule has 1 aliphatic carbocycles. The lowest BCUT2D eigenvalue weighted by atomic mass is 9.52. The lowest BCUT2D eigenvalue weighted by molar-refractivity contribution is -0.159. The molecule has 0 radical (unpaired) electrons. The second-order valence-corrected chi connectivity index (χ2v) is 6.11. The van der Waals surface area contributed by atoms with Gasteiger partial charge in [0.1, 0.15) is 0 Å². The van der Waals surface area contributed by atoms with Crippen molar-refractivity contribution in [2.24, 2.45) is 11.8 Å². The van der Waals surface area contributed by atoms with Crippen LogP contribution in [0.2, 0.25) is 0 Å². The molecule has 0 aromatic heterocycles. The summed E-state index contributed by atoms with van der Waals surface area (Å²) in [5.41, 5.74) is 13.8. The molecule has 6 N–H and O–H groups in total. The van der Waals surface area contributed by atoms with E-state index < -0.39 is 35.6 Å². The summed E-state index contributed by atoms with van der Waals surface area (Å²) >= 11 is 0. The molecule has 1 fully saturated rings. The second kappa shape index (κ2) is 5.88. The minimum atomic E-state index is -1.00. The summed E-state index contributed by atoms with van der Waals surface area (Å²) in [6, 6.07) is 13.4.